The van der Waals surface area contributed by atoms with Gasteiger partial charge in [-0.25, -0.2) is 0 Å². The average Bonchev–Trinajstić information content (AvgIpc) is 2.72. The fraction of sp³-hybridized carbons (Fsp3) is 0.421. The lowest BCUT2D eigenvalue weighted by Crippen LogP contribution is -2.47. The minimum absolute atomic E-state index is 0.0676. The van der Waals surface area contributed by atoms with Gasteiger partial charge in [-0.2, -0.15) is 0 Å². The third-order valence-corrected chi connectivity index (χ3v) is 4.60. The third-order valence-electron chi connectivity index (χ3n) is 4.60. The summed E-state index contributed by atoms with van der Waals surface area (Å²) in [5.74, 6) is 1.91. The Morgan fingerprint density at radius 2 is 1.78 bits per heavy atom. The molecule has 2 heterocycles. The molecule has 2 aromatic rings. The summed E-state index contributed by atoms with van der Waals surface area (Å²) in [6.07, 6.45) is 0. The van der Waals surface area contributed by atoms with Crippen LogP contribution < -0.4 is 14.8 Å². The molecule has 8 nitrogen and oxygen atoms in total. The van der Waals surface area contributed by atoms with E-state index in [2.05, 4.69) is 27.5 Å². The molecule has 1 fully saturated rings. The molecule has 1 aliphatic heterocycles. The zero-order chi connectivity index (χ0) is 19.2. The summed E-state index contributed by atoms with van der Waals surface area (Å²) < 4.78 is 10.5. The smallest absolute Gasteiger partial charge is 0.274 e. The molecule has 1 aliphatic rings. The van der Waals surface area contributed by atoms with Crippen LogP contribution in [0.25, 0.3) is 0 Å². The Balaban J connectivity index is 1.58. The number of amides is 1. The van der Waals surface area contributed by atoms with Crippen LogP contribution in [-0.4, -0.2) is 73.4 Å². The molecule has 1 N–H and O–H groups in total. The zero-order valence-corrected chi connectivity index (χ0v) is 15.9. The Morgan fingerprint density at radius 1 is 1.04 bits per heavy atom. The molecule has 27 heavy (non-hydrogen) atoms. The second kappa shape index (κ2) is 8.68. The van der Waals surface area contributed by atoms with E-state index in [4.69, 9.17) is 9.47 Å². The number of rotatable bonds is 6. The first-order valence-corrected chi connectivity index (χ1v) is 8.87. The van der Waals surface area contributed by atoms with Crippen LogP contribution in [0, 0.1) is 0 Å². The van der Waals surface area contributed by atoms with Gasteiger partial charge in [0.1, 0.15) is 5.82 Å². The standard InChI is InChI=1S/C19H25N5O3/c1-23-8-10-24(11-9-23)19(25)15-5-7-18(22-21-15)20-13-14-4-6-16(26-2)17(12-14)27-3/h4-7,12H,8-11,13H2,1-3H3,(H,20,22). The maximum Gasteiger partial charge on any atom is 0.274 e. The van der Waals surface area contributed by atoms with Gasteiger partial charge in [-0.05, 0) is 36.9 Å². The van der Waals surface area contributed by atoms with E-state index in [0.717, 1.165) is 31.7 Å². The Morgan fingerprint density at radius 3 is 2.41 bits per heavy atom. The van der Waals surface area contributed by atoms with Crippen molar-refractivity contribution in [2.45, 2.75) is 6.54 Å². The fourth-order valence-corrected chi connectivity index (χ4v) is 2.90. The SMILES string of the molecule is COc1ccc(CNc2ccc(C(=O)N3CCN(C)CC3)nn2)cc1OC. The summed E-state index contributed by atoms with van der Waals surface area (Å²) in [6.45, 7) is 3.75. The van der Waals surface area contributed by atoms with E-state index in [0.29, 0.717) is 29.6 Å². The Labute approximate surface area is 159 Å². The van der Waals surface area contributed by atoms with E-state index < -0.39 is 0 Å². The summed E-state index contributed by atoms with van der Waals surface area (Å²) in [4.78, 5) is 16.5. The first kappa shape index (κ1) is 18.9. The molecule has 0 radical (unpaired) electrons. The highest BCUT2D eigenvalue weighted by Crippen LogP contribution is 2.27. The number of anilines is 1. The van der Waals surface area contributed by atoms with Crippen LogP contribution in [0.3, 0.4) is 0 Å². The number of benzene rings is 1. The van der Waals surface area contributed by atoms with Crippen molar-refractivity contribution in [1.29, 1.82) is 0 Å². The van der Waals surface area contributed by atoms with Crippen LogP contribution in [0.5, 0.6) is 11.5 Å². The van der Waals surface area contributed by atoms with Gasteiger partial charge in [0.25, 0.3) is 5.91 Å². The zero-order valence-electron chi connectivity index (χ0n) is 15.9. The van der Waals surface area contributed by atoms with Crippen LogP contribution in [0.2, 0.25) is 0 Å². The molecule has 0 atom stereocenters. The number of nitrogens with zero attached hydrogens (tertiary/aromatic N) is 4. The lowest BCUT2D eigenvalue weighted by atomic mass is 10.2. The number of carbonyl (C=O) groups excluding carboxylic acids is 1. The molecule has 0 bridgehead atoms. The molecule has 0 saturated carbocycles. The highest BCUT2D eigenvalue weighted by Gasteiger charge is 2.21. The molecular formula is C19H25N5O3. The number of ether oxygens (including phenoxy) is 2. The lowest BCUT2D eigenvalue weighted by Gasteiger charge is -2.32. The average molecular weight is 371 g/mol. The van der Waals surface area contributed by atoms with Crippen molar-refractivity contribution >= 4 is 11.7 Å². The quantitative estimate of drug-likeness (QED) is 0.824. The monoisotopic (exact) mass is 371 g/mol. The molecule has 1 saturated heterocycles. The van der Waals surface area contributed by atoms with Crippen molar-refractivity contribution in [3.05, 3.63) is 41.6 Å². The molecule has 1 aromatic heterocycles. The second-order valence-corrected chi connectivity index (χ2v) is 6.44. The van der Waals surface area contributed by atoms with Crippen LogP contribution in [-0.2, 0) is 6.54 Å². The Kier molecular flexibility index (Phi) is 6.08. The number of carbonyl (C=O) groups is 1. The molecule has 0 spiro atoms. The summed E-state index contributed by atoms with van der Waals surface area (Å²) >= 11 is 0. The minimum atomic E-state index is -0.0676. The molecule has 3 rings (SSSR count). The van der Waals surface area contributed by atoms with Crippen LogP contribution in [0.1, 0.15) is 16.1 Å². The van der Waals surface area contributed by atoms with Gasteiger partial charge in [-0.3, -0.25) is 4.79 Å². The van der Waals surface area contributed by atoms with Gasteiger partial charge in [-0.1, -0.05) is 6.07 Å². The topological polar surface area (TPSA) is 79.8 Å². The lowest BCUT2D eigenvalue weighted by molar-refractivity contribution is 0.0657. The van der Waals surface area contributed by atoms with Crippen LogP contribution in [0.15, 0.2) is 30.3 Å². The molecule has 0 unspecified atom stereocenters. The van der Waals surface area contributed by atoms with Crippen LogP contribution >= 0.6 is 0 Å². The first-order chi connectivity index (χ1) is 13.1. The van der Waals surface area contributed by atoms with E-state index in [-0.39, 0.29) is 5.91 Å². The van der Waals surface area contributed by atoms with E-state index in [1.54, 1.807) is 26.4 Å². The van der Waals surface area contributed by atoms with E-state index in [1.165, 1.54) is 0 Å². The highest BCUT2D eigenvalue weighted by atomic mass is 16.5. The molecule has 0 aliphatic carbocycles. The first-order valence-electron chi connectivity index (χ1n) is 8.87. The molecular weight excluding hydrogens is 346 g/mol. The van der Waals surface area contributed by atoms with Crippen molar-refractivity contribution in [3.8, 4) is 11.5 Å². The second-order valence-electron chi connectivity index (χ2n) is 6.44. The van der Waals surface area contributed by atoms with E-state index in [1.807, 2.05) is 23.1 Å². The Bertz CT molecular complexity index is 773. The number of piperazine rings is 1. The summed E-state index contributed by atoms with van der Waals surface area (Å²) in [5, 5.41) is 11.4. The Hall–Kier alpha value is -2.87. The van der Waals surface area contributed by atoms with Crippen molar-refractivity contribution in [2.75, 3.05) is 52.8 Å². The van der Waals surface area contributed by atoms with Crippen molar-refractivity contribution in [2.24, 2.45) is 0 Å². The third kappa shape index (κ3) is 4.65. The van der Waals surface area contributed by atoms with Crippen LogP contribution in [0.4, 0.5) is 5.82 Å². The minimum Gasteiger partial charge on any atom is -0.493 e. The van der Waals surface area contributed by atoms with Gasteiger partial charge >= 0.3 is 0 Å². The number of likely N-dealkylation sites (N-methyl/N-ethyl adjacent to an activating group) is 1. The molecule has 144 valence electrons. The summed E-state index contributed by atoms with van der Waals surface area (Å²) in [5.41, 5.74) is 1.39. The van der Waals surface area contributed by atoms with Gasteiger partial charge in [0, 0.05) is 32.7 Å². The fourth-order valence-electron chi connectivity index (χ4n) is 2.90. The predicted molar refractivity (Wildman–Crippen MR) is 102 cm³/mol. The summed E-state index contributed by atoms with van der Waals surface area (Å²) in [7, 11) is 5.27. The van der Waals surface area contributed by atoms with Crippen molar-refractivity contribution in [1.82, 2.24) is 20.0 Å². The maximum absolute atomic E-state index is 12.5. The van der Waals surface area contributed by atoms with Gasteiger partial charge in [0.15, 0.2) is 17.2 Å². The number of nitrogens with one attached hydrogen (secondary N) is 1. The molecule has 1 amide bonds. The van der Waals surface area contributed by atoms with E-state index >= 15 is 0 Å². The molecule has 1 aromatic carbocycles. The van der Waals surface area contributed by atoms with Gasteiger partial charge in [-0.15, -0.1) is 10.2 Å². The largest absolute Gasteiger partial charge is 0.493 e. The van der Waals surface area contributed by atoms with Gasteiger partial charge in [0.2, 0.25) is 0 Å². The number of hydrogen-bond donors (Lipinski definition) is 1. The highest BCUT2D eigenvalue weighted by molar-refractivity contribution is 5.92. The number of methoxy groups -OCH3 is 2. The van der Waals surface area contributed by atoms with Gasteiger partial charge < -0.3 is 24.6 Å². The maximum atomic E-state index is 12.5. The number of aromatic nitrogens is 2. The normalized spacial score (nSPS) is 14.7. The van der Waals surface area contributed by atoms with Crippen molar-refractivity contribution in [3.63, 3.8) is 0 Å². The van der Waals surface area contributed by atoms with E-state index in [9.17, 15) is 4.79 Å². The van der Waals surface area contributed by atoms with Crippen molar-refractivity contribution < 1.29 is 14.3 Å². The predicted octanol–water partition coefficient (Wildman–Crippen LogP) is 1.49. The summed E-state index contributed by atoms with van der Waals surface area (Å²) in [6, 6.07) is 9.21. The number of hydrogen-bond acceptors (Lipinski definition) is 7. The van der Waals surface area contributed by atoms with Gasteiger partial charge in [0.05, 0.1) is 14.2 Å². The molecule has 8 heteroatoms.